The molecule has 1 unspecified atom stereocenters. The molecule has 1 aliphatic rings. The second kappa shape index (κ2) is 5.37. The van der Waals surface area contributed by atoms with Gasteiger partial charge >= 0.3 is 0 Å². The van der Waals surface area contributed by atoms with Gasteiger partial charge in [0.25, 0.3) is 0 Å². The summed E-state index contributed by atoms with van der Waals surface area (Å²) in [6.07, 6.45) is 0.619. The highest BCUT2D eigenvalue weighted by atomic mass is 16.1. The van der Waals surface area contributed by atoms with Crippen molar-refractivity contribution in [2.75, 3.05) is 6.54 Å². The lowest BCUT2D eigenvalue weighted by atomic mass is 9.84. The first-order valence-electron chi connectivity index (χ1n) is 6.69. The molecular formula is C17H17NO. The first-order valence-corrected chi connectivity index (χ1v) is 6.69. The van der Waals surface area contributed by atoms with Crippen molar-refractivity contribution < 1.29 is 4.79 Å². The number of Topliss-reactive ketones (excluding diaryl/α,β-unsaturated/α-hetero) is 1. The number of benzene rings is 2. The van der Waals surface area contributed by atoms with Crippen LogP contribution in [-0.2, 0) is 4.79 Å². The number of ketones is 1. The molecule has 1 atom stereocenters. The molecule has 0 spiro atoms. The topological polar surface area (TPSA) is 29.1 Å². The van der Waals surface area contributed by atoms with Gasteiger partial charge < -0.3 is 5.32 Å². The van der Waals surface area contributed by atoms with Crippen molar-refractivity contribution in [3.8, 4) is 0 Å². The predicted molar refractivity (Wildman–Crippen MR) is 76.1 cm³/mol. The summed E-state index contributed by atoms with van der Waals surface area (Å²) in [6.45, 7) is 0.501. The van der Waals surface area contributed by atoms with E-state index >= 15 is 0 Å². The minimum Gasteiger partial charge on any atom is -0.306 e. The minimum absolute atomic E-state index is 0.206. The van der Waals surface area contributed by atoms with Crippen LogP contribution in [0.4, 0.5) is 0 Å². The first kappa shape index (κ1) is 12.1. The molecule has 3 rings (SSSR count). The summed E-state index contributed by atoms with van der Waals surface area (Å²) in [7, 11) is 0. The van der Waals surface area contributed by atoms with Gasteiger partial charge in [-0.15, -0.1) is 0 Å². The third kappa shape index (κ3) is 2.59. The Hall–Kier alpha value is -1.93. The van der Waals surface area contributed by atoms with Crippen LogP contribution in [0.15, 0.2) is 60.7 Å². The van der Waals surface area contributed by atoms with Gasteiger partial charge in [-0.25, -0.2) is 0 Å². The van der Waals surface area contributed by atoms with Gasteiger partial charge in [-0.1, -0.05) is 60.7 Å². The summed E-state index contributed by atoms with van der Waals surface area (Å²) in [5, 5.41) is 3.35. The largest absolute Gasteiger partial charge is 0.306 e. The molecule has 0 amide bonds. The maximum absolute atomic E-state index is 11.6. The molecule has 0 aromatic heterocycles. The van der Waals surface area contributed by atoms with E-state index in [1.54, 1.807) is 0 Å². The van der Waals surface area contributed by atoms with Crippen molar-refractivity contribution in [1.82, 2.24) is 5.32 Å². The zero-order valence-electron chi connectivity index (χ0n) is 10.8. The smallest absolute Gasteiger partial charge is 0.148 e. The zero-order chi connectivity index (χ0) is 13.1. The third-order valence-corrected chi connectivity index (χ3v) is 3.73. The summed E-state index contributed by atoms with van der Waals surface area (Å²) in [4.78, 5) is 11.6. The molecule has 1 aliphatic heterocycles. The first-order chi connectivity index (χ1) is 9.34. The Balaban J connectivity index is 1.99. The average molecular weight is 251 g/mol. The van der Waals surface area contributed by atoms with Gasteiger partial charge in [0, 0.05) is 18.4 Å². The number of carbonyl (C=O) groups excluding carboxylic acids is 1. The van der Waals surface area contributed by atoms with Gasteiger partial charge in [-0.05, 0) is 11.1 Å². The van der Waals surface area contributed by atoms with Crippen LogP contribution in [-0.4, -0.2) is 18.4 Å². The Kier molecular flexibility index (Phi) is 3.43. The highest BCUT2D eigenvalue weighted by Crippen LogP contribution is 2.31. The molecule has 1 saturated heterocycles. The SMILES string of the molecule is O=C1CNC(C(c2ccccc2)c2ccccc2)C1. The van der Waals surface area contributed by atoms with Gasteiger partial charge in [0.05, 0.1) is 6.54 Å². The van der Waals surface area contributed by atoms with Crippen molar-refractivity contribution in [3.63, 3.8) is 0 Å². The third-order valence-electron chi connectivity index (χ3n) is 3.73. The molecular weight excluding hydrogens is 234 g/mol. The van der Waals surface area contributed by atoms with E-state index in [9.17, 15) is 4.79 Å². The normalized spacial score (nSPS) is 19.0. The van der Waals surface area contributed by atoms with E-state index in [-0.39, 0.29) is 12.0 Å². The predicted octanol–water partition coefficient (Wildman–Crippen LogP) is 2.75. The fourth-order valence-electron chi connectivity index (χ4n) is 2.85. The summed E-state index contributed by atoms with van der Waals surface area (Å²) < 4.78 is 0. The molecule has 1 heterocycles. The quantitative estimate of drug-likeness (QED) is 0.908. The van der Waals surface area contributed by atoms with Crippen molar-refractivity contribution in [3.05, 3.63) is 71.8 Å². The molecule has 2 aromatic rings. The van der Waals surface area contributed by atoms with Crippen LogP contribution in [0.3, 0.4) is 0 Å². The number of rotatable bonds is 3. The molecule has 0 saturated carbocycles. The lowest BCUT2D eigenvalue weighted by molar-refractivity contribution is -0.116. The molecule has 19 heavy (non-hydrogen) atoms. The van der Waals surface area contributed by atoms with E-state index in [1.165, 1.54) is 11.1 Å². The highest BCUT2D eigenvalue weighted by Gasteiger charge is 2.30. The van der Waals surface area contributed by atoms with E-state index in [0.717, 1.165) is 0 Å². The molecule has 0 aliphatic carbocycles. The number of carbonyl (C=O) groups is 1. The van der Waals surface area contributed by atoms with E-state index in [4.69, 9.17) is 0 Å². The van der Waals surface area contributed by atoms with Crippen LogP contribution in [0, 0.1) is 0 Å². The summed E-state index contributed by atoms with van der Waals surface area (Å²) in [5.41, 5.74) is 2.53. The Morgan fingerprint density at radius 3 is 1.84 bits per heavy atom. The molecule has 96 valence electrons. The van der Waals surface area contributed by atoms with Crippen molar-refractivity contribution in [2.24, 2.45) is 0 Å². The molecule has 0 radical (unpaired) electrons. The van der Waals surface area contributed by atoms with Gasteiger partial charge in [-0.3, -0.25) is 4.79 Å². The van der Waals surface area contributed by atoms with Crippen molar-refractivity contribution in [1.29, 1.82) is 0 Å². The summed E-state index contributed by atoms with van der Waals surface area (Å²) in [6, 6.07) is 21.1. The maximum Gasteiger partial charge on any atom is 0.148 e. The Labute approximate surface area is 113 Å². The van der Waals surface area contributed by atoms with Crippen LogP contribution in [0.25, 0.3) is 0 Å². The van der Waals surface area contributed by atoms with Crippen LogP contribution < -0.4 is 5.32 Å². The Morgan fingerprint density at radius 2 is 1.42 bits per heavy atom. The second-order valence-corrected chi connectivity index (χ2v) is 5.03. The van der Waals surface area contributed by atoms with Crippen LogP contribution in [0.2, 0.25) is 0 Å². The fourth-order valence-corrected chi connectivity index (χ4v) is 2.85. The molecule has 0 bridgehead atoms. The van der Waals surface area contributed by atoms with E-state index in [0.29, 0.717) is 18.7 Å². The molecule has 2 aromatic carbocycles. The summed E-state index contributed by atoms with van der Waals surface area (Å²) >= 11 is 0. The molecule has 1 fully saturated rings. The van der Waals surface area contributed by atoms with Crippen LogP contribution in [0.5, 0.6) is 0 Å². The number of nitrogens with one attached hydrogen (secondary N) is 1. The lowest BCUT2D eigenvalue weighted by Gasteiger charge is -2.24. The van der Waals surface area contributed by atoms with Crippen molar-refractivity contribution in [2.45, 2.75) is 18.4 Å². The fraction of sp³-hybridized carbons (Fsp3) is 0.235. The van der Waals surface area contributed by atoms with E-state index in [1.807, 2.05) is 12.1 Å². The number of hydrogen-bond donors (Lipinski definition) is 1. The van der Waals surface area contributed by atoms with E-state index < -0.39 is 0 Å². The van der Waals surface area contributed by atoms with Crippen LogP contribution in [0.1, 0.15) is 23.5 Å². The lowest BCUT2D eigenvalue weighted by Crippen LogP contribution is -2.29. The Bertz CT molecular complexity index is 510. The average Bonchev–Trinajstić information content (AvgIpc) is 2.88. The van der Waals surface area contributed by atoms with Gasteiger partial charge in [-0.2, -0.15) is 0 Å². The number of hydrogen-bond acceptors (Lipinski definition) is 2. The molecule has 1 N–H and O–H groups in total. The van der Waals surface area contributed by atoms with Crippen molar-refractivity contribution >= 4 is 5.78 Å². The monoisotopic (exact) mass is 251 g/mol. The van der Waals surface area contributed by atoms with Gasteiger partial charge in [0.15, 0.2) is 0 Å². The Morgan fingerprint density at radius 1 is 0.895 bits per heavy atom. The standard InChI is InChI=1S/C17H17NO/c19-15-11-16(18-12-15)17(13-7-3-1-4-8-13)14-9-5-2-6-10-14/h1-10,16-18H,11-12H2. The van der Waals surface area contributed by atoms with E-state index in [2.05, 4.69) is 53.8 Å². The second-order valence-electron chi connectivity index (χ2n) is 5.03. The molecule has 2 nitrogen and oxygen atoms in total. The van der Waals surface area contributed by atoms with Crippen LogP contribution >= 0.6 is 0 Å². The van der Waals surface area contributed by atoms with Gasteiger partial charge in [0.2, 0.25) is 0 Å². The molecule has 2 heteroatoms. The minimum atomic E-state index is 0.206. The summed E-state index contributed by atoms with van der Waals surface area (Å²) in [5.74, 6) is 0.552. The maximum atomic E-state index is 11.6. The zero-order valence-corrected chi connectivity index (χ0v) is 10.8. The van der Waals surface area contributed by atoms with Gasteiger partial charge in [0.1, 0.15) is 5.78 Å². The highest BCUT2D eigenvalue weighted by molar-refractivity contribution is 5.83.